The van der Waals surface area contributed by atoms with Gasteiger partial charge in [0.1, 0.15) is 17.2 Å². The lowest BCUT2D eigenvalue weighted by molar-refractivity contribution is -0.138. The average Bonchev–Trinajstić information content (AvgIpc) is 2.78. The molecule has 1 fully saturated rings. The third kappa shape index (κ3) is 4.12. The van der Waals surface area contributed by atoms with Crippen LogP contribution in [0.2, 0.25) is 0 Å². The Kier molecular flexibility index (Phi) is 5.65. The number of ether oxygens (including phenoxy) is 1. The summed E-state index contributed by atoms with van der Waals surface area (Å²) >= 11 is 0. The fourth-order valence-electron chi connectivity index (χ4n) is 3.70. The molecule has 1 aliphatic rings. The Bertz CT molecular complexity index is 1090. The van der Waals surface area contributed by atoms with Gasteiger partial charge in [0.05, 0.1) is 6.20 Å². The maximum atomic E-state index is 12.8. The van der Waals surface area contributed by atoms with E-state index in [2.05, 4.69) is 14.9 Å². The van der Waals surface area contributed by atoms with Gasteiger partial charge < -0.3 is 19.0 Å². The Balaban J connectivity index is 1.41. The summed E-state index contributed by atoms with van der Waals surface area (Å²) in [4.78, 5) is 36.9. The first-order chi connectivity index (χ1) is 14.5. The largest absolute Gasteiger partial charge is 0.481 e. The van der Waals surface area contributed by atoms with E-state index in [9.17, 15) is 9.59 Å². The van der Waals surface area contributed by atoms with Crippen LogP contribution in [0.25, 0.3) is 11.0 Å². The normalized spacial score (nSPS) is 15.3. The fourth-order valence-corrected chi connectivity index (χ4v) is 3.70. The van der Waals surface area contributed by atoms with Gasteiger partial charge in [0.15, 0.2) is 6.10 Å². The number of piperazine rings is 1. The second kappa shape index (κ2) is 8.52. The molecule has 1 aliphatic heterocycles. The number of aromatic nitrogens is 2. The number of hydrogen-bond donors (Lipinski definition) is 0. The van der Waals surface area contributed by atoms with E-state index in [1.165, 1.54) is 6.07 Å². The van der Waals surface area contributed by atoms with Crippen molar-refractivity contribution in [3.05, 3.63) is 58.8 Å². The molecule has 0 saturated carbocycles. The van der Waals surface area contributed by atoms with Crippen LogP contribution in [0.5, 0.6) is 5.75 Å². The van der Waals surface area contributed by atoms with Crippen LogP contribution in [-0.4, -0.2) is 53.1 Å². The molecule has 156 valence electrons. The quantitative estimate of drug-likeness (QED) is 0.598. The van der Waals surface area contributed by atoms with Crippen LogP contribution in [-0.2, 0) is 11.2 Å². The van der Waals surface area contributed by atoms with Crippen molar-refractivity contribution in [2.75, 3.05) is 31.1 Å². The zero-order chi connectivity index (χ0) is 21.1. The molecular formula is C22H24N4O4. The molecule has 8 heteroatoms. The van der Waals surface area contributed by atoms with Crippen LogP contribution >= 0.6 is 0 Å². The Morgan fingerprint density at radius 1 is 1.20 bits per heavy atom. The number of carbonyl (C=O) groups excluding carboxylic acids is 1. The van der Waals surface area contributed by atoms with Crippen molar-refractivity contribution in [3.63, 3.8) is 0 Å². The maximum Gasteiger partial charge on any atom is 0.336 e. The number of amides is 1. The monoisotopic (exact) mass is 408 g/mol. The summed E-state index contributed by atoms with van der Waals surface area (Å²) in [6.07, 6.45) is 5.12. The molecule has 3 aromatic rings. The maximum absolute atomic E-state index is 12.8. The fraction of sp³-hybridized carbons (Fsp3) is 0.364. The number of nitrogens with zero attached hydrogens (tertiary/aromatic N) is 4. The van der Waals surface area contributed by atoms with E-state index in [0.717, 1.165) is 23.2 Å². The minimum absolute atomic E-state index is 0.0716. The number of fused-ring (bicyclic) bond motifs is 1. The van der Waals surface area contributed by atoms with Crippen LogP contribution < -0.4 is 15.3 Å². The number of carbonyl (C=O) groups is 1. The van der Waals surface area contributed by atoms with Gasteiger partial charge in [-0.05, 0) is 31.0 Å². The molecule has 1 amide bonds. The number of rotatable bonds is 5. The number of aryl methyl sites for hydroxylation is 1. The molecule has 0 N–H and O–H groups in total. The van der Waals surface area contributed by atoms with Gasteiger partial charge in [-0.1, -0.05) is 6.92 Å². The molecular weight excluding hydrogens is 384 g/mol. The minimum Gasteiger partial charge on any atom is -0.481 e. The highest BCUT2D eigenvalue weighted by atomic mass is 16.5. The lowest BCUT2D eigenvalue weighted by atomic mass is 10.1. The lowest BCUT2D eigenvalue weighted by Gasteiger charge is -2.36. The van der Waals surface area contributed by atoms with Crippen molar-refractivity contribution in [3.8, 4) is 5.75 Å². The van der Waals surface area contributed by atoms with Crippen molar-refractivity contribution in [1.29, 1.82) is 0 Å². The minimum atomic E-state index is -0.647. The molecule has 1 aromatic carbocycles. The van der Waals surface area contributed by atoms with E-state index >= 15 is 0 Å². The van der Waals surface area contributed by atoms with E-state index in [1.54, 1.807) is 42.5 Å². The zero-order valence-electron chi connectivity index (χ0n) is 17.1. The van der Waals surface area contributed by atoms with Crippen molar-refractivity contribution in [2.45, 2.75) is 26.4 Å². The molecule has 0 radical (unpaired) electrons. The summed E-state index contributed by atoms with van der Waals surface area (Å²) in [5.74, 6) is 1.24. The van der Waals surface area contributed by atoms with Gasteiger partial charge in [-0.25, -0.2) is 9.78 Å². The van der Waals surface area contributed by atoms with Crippen molar-refractivity contribution < 1.29 is 13.9 Å². The molecule has 0 bridgehead atoms. The van der Waals surface area contributed by atoms with Crippen LogP contribution in [0.15, 0.2) is 52.1 Å². The average molecular weight is 408 g/mol. The highest BCUT2D eigenvalue weighted by Gasteiger charge is 2.26. The van der Waals surface area contributed by atoms with Crippen molar-refractivity contribution >= 4 is 22.7 Å². The summed E-state index contributed by atoms with van der Waals surface area (Å²) in [5, 5.41) is 0.878. The third-order valence-corrected chi connectivity index (χ3v) is 5.31. The van der Waals surface area contributed by atoms with E-state index in [4.69, 9.17) is 9.15 Å². The molecule has 4 rings (SSSR count). The first-order valence-electron chi connectivity index (χ1n) is 10.1. The standard InChI is InChI=1S/C22H24N4O4/c1-3-16-12-21(27)30-19-13-17(4-5-18(16)19)29-15(2)22(28)26-10-8-25(9-11-26)20-14-23-6-7-24-20/h4-7,12-15H,3,8-11H2,1-2H3. The van der Waals surface area contributed by atoms with Crippen molar-refractivity contribution in [1.82, 2.24) is 14.9 Å². The van der Waals surface area contributed by atoms with E-state index in [1.807, 2.05) is 13.0 Å². The molecule has 1 atom stereocenters. The molecule has 8 nitrogen and oxygen atoms in total. The number of hydrogen-bond acceptors (Lipinski definition) is 7. The SMILES string of the molecule is CCc1cc(=O)oc2cc(OC(C)C(=O)N3CCN(c4cnccn4)CC3)ccc12. The third-order valence-electron chi connectivity index (χ3n) is 5.31. The van der Waals surface area contributed by atoms with Crippen LogP contribution in [0.4, 0.5) is 5.82 Å². The molecule has 1 saturated heterocycles. The lowest BCUT2D eigenvalue weighted by Crippen LogP contribution is -2.52. The van der Waals surface area contributed by atoms with Gasteiger partial charge in [0.2, 0.25) is 0 Å². The predicted molar refractivity (Wildman–Crippen MR) is 113 cm³/mol. The Labute approximate surface area is 174 Å². The van der Waals surface area contributed by atoms with Gasteiger partial charge >= 0.3 is 5.63 Å². The van der Waals surface area contributed by atoms with Crippen LogP contribution in [0, 0.1) is 0 Å². The van der Waals surface area contributed by atoms with E-state index in [0.29, 0.717) is 37.5 Å². The van der Waals surface area contributed by atoms with Gasteiger partial charge in [-0.15, -0.1) is 0 Å². The first-order valence-corrected chi connectivity index (χ1v) is 10.1. The molecule has 1 unspecified atom stereocenters. The summed E-state index contributed by atoms with van der Waals surface area (Å²) in [6.45, 7) is 6.30. The first kappa shape index (κ1) is 19.9. The second-order valence-corrected chi connectivity index (χ2v) is 7.24. The number of benzene rings is 1. The summed E-state index contributed by atoms with van der Waals surface area (Å²) in [7, 11) is 0. The van der Waals surface area contributed by atoms with Crippen molar-refractivity contribution in [2.24, 2.45) is 0 Å². The van der Waals surface area contributed by atoms with E-state index < -0.39 is 6.10 Å². The molecule has 2 aromatic heterocycles. The predicted octanol–water partition coefficient (Wildman–Crippen LogP) is 2.26. The summed E-state index contributed by atoms with van der Waals surface area (Å²) in [5.41, 5.74) is 1.01. The van der Waals surface area contributed by atoms with E-state index in [-0.39, 0.29) is 11.5 Å². The number of anilines is 1. The highest BCUT2D eigenvalue weighted by Crippen LogP contribution is 2.24. The molecule has 3 heterocycles. The van der Waals surface area contributed by atoms with Gasteiger partial charge in [-0.3, -0.25) is 9.78 Å². The molecule has 0 aliphatic carbocycles. The topological polar surface area (TPSA) is 88.8 Å². The summed E-state index contributed by atoms with van der Waals surface area (Å²) in [6, 6.07) is 6.85. The molecule has 30 heavy (non-hydrogen) atoms. The highest BCUT2D eigenvalue weighted by molar-refractivity contribution is 5.83. The van der Waals surface area contributed by atoms with Crippen LogP contribution in [0.1, 0.15) is 19.4 Å². The summed E-state index contributed by atoms with van der Waals surface area (Å²) < 4.78 is 11.2. The Morgan fingerprint density at radius 3 is 2.70 bits per heavy atom. The zero-order valence-corrected chi connectivity index (χ0v) is 17.1. The van der Waals surface area contributed by atoms with Crippen LogP contribution in [0.3, 0.4) is 0 Å². The Morgan fingerprint density at radius 2 is 2.00 bits per heavy atom. The Hall–Kier alpha value is -3.42. The second-order valence-electron chi connectivity index (χ2n) is 7.24. The smallest absolute Gasteiger partial charge is 0.336 e. The molecule has 0 spiro atoms. The van der Waals surface area contributed by atoms with Gasteiger partial charge in [0.25, 0.3) is 5.91 Å². The van der Waals surface area contributed by atoms with Gasteiger partial charge in [-0.2, -0.15) is 0 Å². The van der Waals surface area contributed by atoms with Gasteiger partial charge in [0, 0.05) is 56.1 Å².